The Labute approximate surface area is 240 Å². The number of benzene rings is 2. The summed E-state index contributed by atoms with van der Waals surface area (Å²) in [5.74, 6) is 4.18. The van der Waals surface area contributed by atoms with Crippen molar-refractivity contribution >= 4 is 45.7 Å². The van der Waals surface area contributed by atoms with Gasteiger partial charge < -0.3 is 19.8 Å². The van der Waals surface area contributed by atoms with Crippen molar-refractivity contribution in [1.29, 1.82) is 0 Å². The van der Waals surface area contributed by atoms with Crippen molar-refractivity contribution in [3.63, 3.8) is 0 Å². The normalized spacial score (nSPS) is 21.8. The molecule has 206 valence electrons. The molecule has 7 rings (SSSR count). The van der Waals surface area contributed by atoms with Gasteiger partial charge in [0, 0.05) is 80.5 Å². The zero-order chi connectivity index (χ0) is 26.9. The Morgan fingerprint density at radius 2 is 1.65 bits per heavy atom. The number of aromatic nitrogens is 2. The summed E-state index contributed by atoms with van der Waals surface area (Å²) in [7, 11) is 0. The number of fused-ring (bicyclic) bond motifs is 4. The molecular formula is C32H36N6OS. The lowest BCUT2D eigenvalue weighted by Gasteiger charge is -2.39. The Hall–Kier alpha value is -3.33. The van der Waals surface area contributed by atoms with Crippen LogP contribution in [-0.4, -0.2) is 96.0 Å². The van der Waals surface area contributed by atoms with Gasteiger partial charge in [0.1, 0.15) is 5.82 Å². The summed E-state index contributed by atoms with van der Waals surface area (Å²) in [5.41, 5.74) is 4.70. The smallest absolute Gasteiger partial charge is 0.227 e. The predicted molar refractivity (Wildman–Crippen MR) is 168 cm³/mol. The van der Waals surface area contributed by atoms with Crippen molar-refractivity contribution in [3.8, 4) is 0 Å². The molecular weight excluding hydrogens is 516 g/mol. The van der Waals surface area contributed by atoms with Crippen LogP contribution in [-0.2, 0) is 0 Å². The maximum Gasteiger partial charge on any atom is 0.227 e. The second-order valence-electron chi connectivity index (χ2n) is 10.9. The van der Waals surface area contributed by atoms with E-state index in [9.17, 15) is 5.11 Å². The standard InChI is InChI=1S/C32H36N6OS/c39-26(23-38-25-8-2-1-7-24(21-25)27-9-4-6-12-30(27)38)22-35-13-15-37(16-14-35)32-33-29-11-5-3-10-28(29)31(34-32)36-17-19-40-20-18-36/h1-12,21,25-26,39H,13-20,22-23H2. The summed E-state index contributed by atoms with van der Waals surface area (Å²) < 4.78 is 0. The van der Waals surface area contributed by atoms with Gasteiger partial charge >= 0.3 is 0 Å². The van der Waals surface area contributed by atoms with E-state index >= 15 is 0 Å². The van der Waals surface area contributed by atoms with Gasteiger partial charge in [-0.25, -0.2) is 4.98 Å². The largest absolute Gasteiger partial charge is 0.390 e. The average molecular weight is 553 g/mol. The molecule has 0 amide bonds. The van der Waals surface area contributed by atoms with Crippen LogP contribution in [0.5, 0.6) is 0 Å². The van der Waals surface area contributed by atoms with E-state index in [2.05, 4.69) is 98.5 Å². The maximum absolute atomic E-state index is 11.2. The summed E-state index contributed by atoms with van der Waals surface area (Å²) in [4.78, 5) is 19.5. The van der Waals surface area contributed by atoms with Gasteiger partial charge in [-0.3, -0.25) is 4.90 Å². The highest BCUT2D eigenvalue weighted by Crippen LogP contribution is 2.36. The third-order valence-corrected chi connectivity index (χ3v) is 9.29. The molecule has 3 aliphatic heterocycles. The molecule has 0 spiro atoms. The van der Waals surface area contributed by atoms with Gasteiger partial charge in [0.2, 0.25) is 5.95 Å². The summed E-state index contributed by atoms with van der Waals surface area (Å²) in [5, 5.41) is 12.4. The van der Waals surface area contributed by atoms with E-state index in [-0.39, 0.29) is 6.04 Å². The predicted octanol–water partition coefficient (Wildman–Crippen LogP) is 4.06. The molecule has 0 saturated carbocycles. The van der Waals surface area contributed by atoms with E-state index in [1.165, 1.54) is 16.8 Å². The minimum atomic E-state index is -0.445. The molecule has 4 aliphatic rings. The number of piperazine rings is 1. The van der Waals surface area contributed by atoms with Crippen molar-refractivity contribution in [2.24, 2.45) is 0 Å². The van der Waals surface area contributed by atoms with E-state index in [4.69, 9.17) is 9.97 Å². The Balaban J connectivity index is 1.02. The Morgan fingerprint density at radius 3 is 2.52 bits per heavy atom. The van der Waals surface area contributed by atoms with Gasteiger partial charge in [0.05, 0.1) is 17.7 Å². The Kier molecular flexibility index (Phi) is 7.22. The number of hydrogen-bond acceptors (Lipinski definition) is 8. The van der Waals surface area contributed by atoms with Crippen LogP contribution in [0.3, 0.4) is 0 Å². The third kappa shape index (κ3) is 5.11. The van der Waals surface area contributed by atoms with Gasteiger partial charge in [-0.2, -0.15) is 16.7 Å². The van der Waals surface area contributed by atoms with Crippen LogP contribution in [0.15, 0.2) is 78.9 Å². The zero-order valence-electron chi connectivity index (χ0n) is 22.8. The SMILES string of the molecule is OC(CN1CCN(c2nc(N3CCSCC3)c3ccccc3n2)CC1)CN1c2ccccc2C2=CC1C=CC=C2. The number of rotatable bonds is 6. The quantitative estimate of drug-likeness (QED) is 0.492. The van der Waals surface area contributed by atoms with Crippen LogP contribution in [0.25, 0.3) is 16.5 Å². The molecule has 2 atom stereocenters. The lowest BCUT2D eigenvalue weighted by Crippen LogP contribution is -2.51. The molecule has 1 aromatic heterocycles. The van der Waals surface area contributed by atoms with Crippen molar-refractivity contribution in [1.82, 2.24) is 14.9 Å². The van der Waals surface area contributed by atoms with Gasteiger partial charge in [-0.1, -0.05) is 60.7 Å². The van der Waals surface area contributed by atoms with Gasteiger partial charge in [-0.05, 0) is 23.8 Å². The molecule has 2 saturated heterocycles. The van der Waals surface area contributed by atoms with Crippen molar-refractivity contribution in [2.45, 2.75) is 12.1 Å². The Morgan fingerprint density at radius 1 is 0.850 bits per heavy atom. The molecule has 2 fully saturated rings. The van der Waals surface area contributed by atoms with Crippen molar-refractivity contribution in [3.05, 3.63) is 84.5 Å². The molecule has 3 aromatic rings. The fourth-order valence-electron chi connectivity index (χ4n) is 6.27. The van der Waals surface area contributed by atoms with E-state index in [1.807, 2.05) is 11.8 Å². The number of hydrogen-bond donors (Lipinski definition) is 1. The minimum Gasteiger partial charge on any atom is -0.390 e. The molecule has 1 aliphatic carbocycles. The van der Waals surface area contributed by atoms with E-state index in [0.29, 0.717) is 13.1 Å². The average Bonchev–Trinajstić information content (AvgIpc) is 3.23. The summed E-state index contributed by atoms with van der Waals surface area (Å²) >= 11 is 2.02. The first kappa shape index (κ1) is 25.6. The van der Waals surface area contributed by atoms with Crippen molar-refractivity contribution in [2.75, 3.05) is 78.6 Å². The first-order chi connectivity index (χ1) is 19.7. The highest BCUT2D eigenvalue weighted by Gasteiger charge is 2.28. The lowest BCUT2D eigenvalue weighted by atomic mass is 9.95. The number of allylic oxidation sites excluding steroid dienone is 4. The maximum atomic E-state index is 11.2. The molecule has 2 aromatic carbocycles. The van der Waals surface area contributed by atoms with Crippen LogP contribution in [0.4, 0.5) is 17.5 Å². The first-order valence-corrected chi connectivity index (χ1v) is 15.6. The van der Waals surface area contributed by atoms with Crippen LogP contribution in [0.1, 0.15) is 5.56 Å². The van der Waals surface area contributed by atoms with E-state index < -0.39 is 6.10 Å². The number of β-amino-alcohol motifs (C(OH)–C–C–N with tert-alkyl or cyclic N) is 1. The fraction of sp³-hybridized carbons (Fsp3) is 0.375. The van der Waals surface area contributed by atoms with Crippen molar-refractivity contribution < 1.29 is 5.11 Å². The minimum absolute atomic E-state index is 0.157. The highest BCUT2D eigenvalue weighted by atomic mass is 32.2. The molecule has 1 N–H and O–H groups in total. The van der Waals surface area contributed by atoms with Gasteiger partial charge in [0.25, 0.3) is 0 Å². The molecule has 0 radical (unpaired) electrons. The van der Waals surface area contributed by atoms with Gasteiger partial charge in [-0.15, -0.1) is 0 Å². The van der Waals surface area contributed by atoms with E-state index in [1.54, 1.807) is 0 Å². The topological polar surface area (TPSA) is 59.0 Å². The number of aliphatic hydroxyl groups excluding tert-OH is 1. The molecule has 2 bridgehead atoms. The zero-order valence-corrected chi connectivity index (χ0v) is 23.6. The second kappa shape index (κ2) is 11.3. The molecule has 8 heteroatoms. The molecule has 7 nitrogen and oxygen atoms in total. The number of thioether (sulfide) groups is 1. The fourth-order valence-corrected chi connectivity index (χ4v) is 7.18. The highest BCUT2D eigenvalue weighted by molar-refractivity contribution is 7.99. The third-order valence-electron chi connectivity index (χ3n) is 8.34. The Bertz CT molecular complexity index is 1460. The van der Waals surface area contributed by atoms with Gasteiger partial charge in [0.15, 0.2) is 0 Å². The number of aliphatic hydroxyl groups is 1. The van der Waals surface area contributed by atoms with E-state index in [0.717, 1.165) is 73.4 Å². The summed E-state index contributed by atoms with van der Waals surface area (Å²) in [6, 6.07) is 17.1. The number of para-hydroxylation sites is 2. The first-order valence-electron chi connectivity index (χ1n) is 14.4. The monoisotopic (exact) mass is 552 g/mol. The second-order valence-corrected chi connectivity index (χ2v) is 12.2. The molecule has 2 unspecified atom stereocenters. The summed E-state index contributed by atoms with van der Waals surface area (Å²) in [6.07, 6.45) is 10.5. The molecule has 4 heterocycles. The van der Waals surface area contributed by atoms with Crippen LogP contribution >= 0.6 is 11.8 Å². The summed E-state index contributed by atoms with van der Waals surface area (Å²) in [6.45, 7) is 6.80. The van der Waals surface area contributed by atoms with Crippen LogP contribution < -0.4 is 14.7 Å². The van der Waals surface area contributed by atoms with Crippen LogP contribution in [0, 0.1) is 0 Å². The lowest BCUT2D eigenvalue weighted by molar-refractivity contribution is 0.112. The number of nitrogens with zero attached hydrogens (tertiary/aromatic N) is 6. The molecule has 40 heavy (non-hydrogen) atoms. The van der Waals surface area contributed by atoms with Crippen LogP contribution in [0.2, 0.25) is 0 Å². The number of anilines is 3.